The fraction of sp³-hybridized carbons (Fsp3) is 0.917. The molecule has 1 saturated heterocycles. The topological polar surface area (TPSA) is 33.5 Å². The summed E-state index contributed by atoms with van der Waals surface area (Å²) in [7, 11) is 6.34. The molecule has 4 heteroatoms. The zero-order valence-electron chi connectivity index (χ0n) is 11.0. The first-order valence-electron chi connectivity index (χ1n) is 6.00. The molecule has 2 unspecified atom stereocenters. The van der Waals surface area contributed by atoms with Crippen molar-refractivity contribution in [1.29, 1.82) is 5.26 Å². The van der Waals surface area contributed by atoms with Gasteiger partial charge in [0.15, 0.2) is 0 Å². The summed E-state index contributed by atoms with van der Waals surface area (Å²) in [4.78, 5) is 7.03. The van der Waals surface area contributed by atoms with Crippen molar-refractivity contribution in [3.05, 3.63) is 0 Å². The van der Waals surface area contributed by atoms with Gasteiger partial charge in [0.05, 0.1) is 12.5 Å². The van der Waals surface area contributed by atoms with Gasteiger partial charge in [-0.2, -0.15) is 5.26 Å². The highest BCUT2D eigenvalue weighted by atomic mass is 15.3. The smallest absolute Gasteiger partial charge is 0.0638 e. The van der Waals surface area contributed by atoms with E-state index in [1.54, 1.807) is 0 Å². The monoisotopic (exact) mass is 224 g/mol. The fourth-order valence-electron chi connectivity index (χ4n) is 2.20. The van der Waals surface area contributed by atoms with E-state index < -0.39 is 0 Å². The molecular formula is C12H24N4. The van der Waals surface area contributed by atoms with Crippen molar-refractivity contribution in [2.24, 2.45) is 0 Å². The first-order valence-corrected chi connectivity index (χ1v) is 6.00. The van der Waals surface area contributed by atoms with Gasteiger partial charge in [-0.05, 0) is 28.1 Å². The van der Waals surface area contributed by atoms with Gasteiger partial charge < -0.3 is 4.90 Å². The third-order valence-electron chi connectivity index (χ3n) is 3.45. The van der Waals surface area contributed by atoms with E-state index in [2.05, 4.69) is 48.8 Å². The van der Waals surface area contributed by atoms with Crippen LogP contribution in [0.1, 0.15) is 13.3 Å². The van der Waals surface area contributed by atoms with E-state index in [4.69, 9.17) is 5.26 Å². The summed E-state index contributed by atoms with van der Waals surface area (Å²) in [5.74, 6) is 0. The van der Waals surface area contributed by atoms with Crippen LogP contribution in [0.3, 0.4) is 0 Å². The largest absolute Gasteiger partial charge is 0.308 e. The zero-order chi connectivity index (χ0) is 12.1. The summed E-state index contributed by atoms with van der Waals surface area (Å²) >= 11 is 0. The molecule has 92 valence electrons. The standard InChI is InChI=1S/C12H24N4/c1-11-9-16(8-7-14(2)3)10-12(5-6-13)15(11)4/h11-12H,5,7-10H2,1-4H3. The quantitative estimate of drug-likeness (QED) is 0.695. The van der Waals surface area contributed by atoms with Crippen LogP contribution in [0, 0.1) is 11.3 Å². The summed E-state index contributed by atoms with van der Waals surface area (Å²) in [5.41, 5.74) is 0. The molecule has 4 nitrogen and oxygen atoms in total. The molecule has 0 aromatic rings. The molecule has 0 aliphatic carbocycles. The molecule has 0 aromatic carbocycles. The van der Waals surface area contributed by atoms with Crippen LogP contribution in [-0.2, 0) is 0 Å². The number of hydrogen-bond acceptors (Lipinski definition) is 4. The molecule has 0 N–H and O–H groups in total. The summed E-state index contributed by atoms with van der Waals surface area (Å²) in [5, 5.41) is 8.82. The van der Waals surface area contributed by atoms with Crippen LogP contribution in [0.4, 0.5) is 0 Å². The summed E-state index contributed by atoms with van der Waals surface area (Å²) < 4.78 is 0. The first kappa shape index (κ1) is 13.4. The number of nitriles is 1. The maximum absolute atomic E-state index is 8.82. The Morgan fingerprint density at radius 3 is 2.62 bits per heavy atom. The molecule has 1 aliphatic rings. The molecule has 0 spiro atoms. The van der Waals surface area contributed by atoms with Gasteiger partial charge in [0.25, 0.3) is 0 Å². The second kappa shape index (κ2) is 6.19. The molecule has 2 atom stereocenters. The van der Waals surface area contributed by atoms with Crippen molar-refractivity contribution < 1.29 is 0 Å². The first-order chi connectivity index (χ1) is 7.54. The Labute approximate surface area is 99.4 Å². The molecule has 1 aliphatic heterocycles. The highest BCUT2D eigenvalue weighted by Crippen LogP contribution is 2.15. The van der Waals surface area contributed by atoms with E-state index in [-0.39, 0.29) is 0 Å². The molecular weight excluding hydrogens is 200 g/mol. The lowest BCUT2D eigenvalue weighted by atomic mass is 10.1. The molecule has 1 heterocycles. The van der Waals surface area contributed by atoms with E-state index in [0.717, 1.165) is 26.2 Å². The fourth-order valence-corrected chi connectivity index (χ4v) is 2.20. The van der Waals surface area contributed by atoms with Crippen molar-refractivity contribution in [3.63, 3.8) is 0 Å². The van der Waals surface area contributed by atoms with Crippen LogP contribution in [0.25, 0.3) is 0 Å². The van der Waals surface area contributed by atoms with Gasteiger partial charge >= 0.3 is 0 Å². The van der Waals surface area contributed by atoms with Crippen LogP contribution >= 0.6 is 0 Å². The van der Waals surface area contributed by atoms with E-state index >= 15 is 0 Å². The minimum atomic E-state index is 0.399. The molecule has 1 fully saturated rings. The summed E-state index contributed by atoms with van der Waals surface area (Å²) in [6.45, 7) is 6.59. The number of nitrogens with zero attached hydrogens (tertiary/aromatic N) is 4. The van der Waals surface area contributed by atoms with Crippen molar-refractivity contribution in [2.75, 3.05) is 47.3 Å². The van der Waals surface area contributed by atoms with E-state index in [9.17, 15) is 0 Å². The Balaban J connectivity index is 2.47. The van der Waals surface area contributed by atoms with E-state index in [1.807, 2.05) is 0 Å². The Kier molecular flexibility index (Phi) is 5.20. The number of likely N-dealkylation sites (N-methyl/N-ethyl adjacent to an activating group) is 2. The molecule has 0 aromatic heterocycles. The molecule has 0 radical (unpaired) electrons. The summed E-state index contributed by atoms with van der Waals surface area (Å²) in [6.07, 6.45) is 0.638. The Hall–Kier alpha value is -0.630. The van der Waals surface area contributed by atoms with Crippen molar-refractivity contribution in [2.45, 2.75) is 25.4 Å². The number of hydrogen-bond donors (Lipinski definition) is 0. The van der Waals surface area contributed by atoms with Gasteiger partial charge in [0, 0.05) is 38.3 Å². The molecule has 0 saturated carbocycles. The second-order valence-corrected chi connectivity index (χ2v) is 5.09. The number of piperazine rings is 1. The third kappa shape index (κ3) is 3.75. The normalized spacial score (nSPS) is 28.2. The van der Waals surface area contributed by atoms with Gasteiger partial charge in [-0.15, -0.1) is 0 Å². The van der Waals surface area contributed by atoms with Crippen LogP contribution in [-0.4, -0.2) is 74.1 Å². The van der Waals surface area contributed by atoms with Gasteiger partial charge in [0.1, 0.15) is 0 Å². The van der Waals surface area contributed by atoms with Crippen molar-refractivity contribution in [1.82, 2.24) is 14.7 Å². The highest BCUT2D eigenvalue weighted by Gasteiger charge is 2.28. The minimum Gasteiger partial charge on any atom is -0.308 e. The zero-order valence-corrected chi connectivity index (χ0v) is 11.0. The minimum absolute atomic E-state index is 0.399. The highest BCUT2D eigenvalue weighted by molar-refractivity contribution is 4.90. The van der Waals surface area contributed by atoms with Crippen molar-refractivity contribution in [3.8, 4) is 6.07 Å². The third-order valence-corrected chi connectivity index (χ3v) is 3.45. The molecule has 1 rings (SSSR count). The maximum atomic E-state index is 8.82. The Morgan fingerprint density at radius 2 is 2.06 bits per heavy atom. The van der Waals surface area contributed by atoms with Crippen LogP contribution in [0.15, 0.2) is 0 Å². The van der Waals surface area contributed by atoms with E-state index in [0.29, 0.717) is 18.5 Å². The molecule has 16 heavy (non-hydrogen) atoms. The summed E-state index contributed by atoms with van der Waals surface area (Å²) in [6, 6.07) is 3.24. The number of rotatable bonds is 4. The molecule has 0 amide bonds. The van der Waals surface area contributed by atoms with Crippen LogP contribution in [0.5, 0.6) is 0 Å². The predicted molar refractivity (Wildman–Crippen MR) is 66.2 cm³/mol. The SMILES string of the molecule is CC1CN(CCN(C)C)CC(CC#N)N1C. The Bertz CT molecular complexity index is 246. The Morgan fingerprint density at radius 1 is 1.38 bits per heavy atom. The second-order valence-electron chi connectivity index (χ2n) is 5.09. The molecule has 0 bridgehead atoms. The van der Waals surface area contributed by atoms with Gasteiger partial charge in [-0.1, -0.05) is 0 Å². The lowest BCUT2D eigenvalue weighted by molar-refractivity contribution is 0.0503. The van der Waals surface area contributed by atoms with Crippen molar-refractivity contribution >= 4 is 0 Å². The van der Waals surface area contributed by atoms with Crippen LogP contribution < -0.4 is 0 Å². The average Bonchev–Trinajstić information content (AvgIpc) is 2.22. The average molecular weight is 224 g/mol. The lowest BCUT2D eigenvalue weighted by Gasteiger charge is -2.43. The van der Waals surface area contributed by atoms with Crippen LogP contribution in [0.2, 0.25) is 0 Å². The predicted octanol–water partition coefficient (Wildman–Crippen LogP) is 0.466. The maximum Gasteiger partial charge on any atom is 0.0638 e. The van der Waals surface area contributed by atoms with Gasteiger partial charge in [0.2, 0.25) is 0 Å². The van der Waals surface area contributed by atoms with Gasteiger partial charge in [-0.3, -0.25) is 9.80 Å². The van der Waals surface area contributed by atoms with E-state index in [1.165, 1.54) is 0 Å². The lowest BCUT2D eigenvalue weighted by Crippen LogP contribution is -2.56. The van der Waals surface area contributed by atoms with Gasteiger partial charge in [-0.25, -0.2) is 0 Å².